The lowest BCUT2D eigenvalue weighted by Gasteiger charge is -2.14. The van der Waals surface area contributed by atoms with E-state index in [-0.39, 0.29) is 10.2 Å². The highest BCUT2D eigenvalue weighted by atomic mass is 79.9. The van der Waals surface area contributed by atoms with Crippen molar-refractivity contribution in [2.75, 3.05) is 0 Å². The topological polar surface area (TPSA) is 73.6 Å². The summed E-state index contributed by atoms with van der Waals surface area (Å²) in [6.07, 6.45) is 1.46. The lowest BCUT2D eigenvalue weighted by molar-refractivity contribution is -0.324. The van der Waals surface area contributed by atoms with Crippen LogP contribution in [-0.4, -0.2) is 20.3 Å². The monoisotopic (exact) mass is 219 g/mol. The number of pyridine rings is 1. The summed E-state index contributed by atoms with van der Waals surface area (Å²) < 4.78 is 0.201. The van der Waals surface area contributed by atoms with Crippen LogP contribution >= 0.6 is 15.9 Å². The molecule has 0 aromatic carbocycles. The Kier molecular flexibility index (Phi) is 2.24. The third-order valence-electron chi connectivity index (χ3n) is 1.12. The van der Waals surface area contributed by atoms with E-state index in [9.17, 15) is 0 Å². The van der Waals surface area contributed by atoms with E-state index in [4.69, 9.17) is 15.3 Å². The minimum Gasteiger partial charge on any atom is -0.340 e. The molecule has 0 aliphatic heterocycles. The van der Waals surface area contributed by atoms with Crippen LogP contribution in [0.15, 0.2) is 22.9 Å². The van der Waals surface area contributed by atoms with Gasteiger partial charge in [-0.15, -0.1) is 0 Å². The van der Waals surface area contributed by atoms with Gasteiger partial charge in [0.25, 0.3) is 0 Å². The lowest BCUT2D eigenvalue weighted by Crippen LogP contribution is -2.24. The van der Waals surface area contributed by atoms with E-state index in [0.29, 0.717) is 0 Å². The molecule has 0 fully saturated rings. The van der Waals surface area contributed by atoms with Crippen LogP contribution in [0.5, 0.6) is 0 Å². The van der Waals surface area contributed by atoms with Gasteiger partial charge in [-0.1, -0.05) is 0 Å². The van der Waals surface area contributed by atoms with E-state index in [1.807, 2.05) is 0 Å². The first-order valence-corrected chi connectivity index (χ1v) is 3.59. The quantitative estimate of drug-likeness (QED) is 0.457. The number of rotatable bonds is 1. The van der Waals surface area contributed by atoms with Gasteiger partial charge in [-0.2, -0.15) is 0 Å². The molecule has 0 aliphatic carbocycles. The van der Waals surface area contributed by atoms with Crippen molar-refractivity contribution in [2.45, 2.75) is 5.97 Å². The molecular weight excluding hydrogens is 214 g/mol. The van der Waals surface area contributed by atoms with Crippen molar-refractivity contribution in [3.8, 4) is 0 Å². The Morgan fingerprint density at radius 2 is 2.00 bits per heavy atom. The molecule has 0 aliphatic rings. The summed E-state index contributed by atoms with van der Waals surface area (Å²) in [5, 5.41) is 26.1. The largest absolute Gasteiger partial charge is 0.340 e. The molecule has 0 saturated carbocycles. The number of nitrogens with zero attached hydrogens (tertiary/aromatic N) is 1. The smallest absolute Gasteiger partial charge is 0.307 e. The van der Waals surface area contributed by atoms with Gasteiger partial charge in [0, 0.05) is 6.20 Å². The third-order valence-corrected chi connectivity index (χ3v) is 1.75. The molecule has 4 nitrogen and oxygen atoms in total. The van der Waals surface area contributed by atoms with E-state index < -0.39 is 5.97 Å². The second kappa shape index (κ2) is 2.86. The van der Waals surface area contributed by atoms with Crippen LogP contribution in [0.25, 0.3) is 0 Å². The maximum absolute atomic E-state index is 8.71. The van der Waals surface area contributed by atoms with Crippen LogP contribution in [0.2, 0.25) is 0 Å². The molecule has 1 heterocycles. The molecule has 0 bridgehead atoms. The summed E-state index contributed by atoms with van der Waals surface area (Å²) in [6.45, 7) is 0. The van der Waals surface area contributed by atoms with Crippen LogP contribution in [0.1, 0.15) is 5.56 Å². The summed E-state index contributed by atoms with van der Waals surface area (Å²) in [4.78, 5) is 3.68. The first-order valence-electron chi connectivity index (χ1n) is 2.80. The zero-order chi connectivity index (χ0) is 8.48. The van der Waals surface area contributed by atoms with Crippen LogP contribution in [0.4, 0.5) is 0 Å². The summed E-state index contributed by atoms with van der Waals surface area (Å²) in [5.41, 5.74) is -0.0833. The average Bonchev–Trinajstić information content (AvgIpc) is 1.86. The number of hydrogen-bond donors (Lipinski definition) is 3. The van der Waals surface area contributed by atoms with Crippen LogP contribution < -0.4 is 0 Å². The van der Waals surface area contributed by atoms with Crippen molar-refractivity contribution in [2.24, 2.45) is 0 Å². The summed E-state index contributed by atoms with van der Waals surface area (Å²) in [5.74, 6) is -2.83. The highest BCUT2D eigenvalue weighted by Gasteiger charge is 2.24. The molecule has 0 atom stereocenters. The summed E-state index contributed by atoms with van der Waals surface area (Å²) in [7, 11) is 0. The SMILES string of the molecule is OC(O)(O)c1cccnc1Br. The normalized spacial score (nSPS) is 11.6. The van der Waals surface area contributed by atoms with E-state index in [2.05, 4.69) is 20.9 Å². The van der Waals surface area contributed by atoms with Gasteiger partial charge < -0.3 is 15.3 Å². The molecule has 0 radical (unpaired) electrons. The van der Waals surface area contributed by atoms with Crippen molar-refractivity contribution < 1.29 is 15.3 Å². The molecule has 1 aromatic heterocycles. The Morgan fingerprint density at radius 1 is 1.36 bits per heavy atom. The molecule has 60 valence electrons. The van der Waals surface area contributed by atoms with Gasteiger partial charge in [0.1, 0.15) is 4.60 Å². The Bertz CT molecular complexity index is 258. The van der Waals surface area contributed by atoms with Crippen molar-refractivity contribution in [1.29, 1.82) is 0 Å². The summed E-state index contributed by atoms with van der Waals surface area (Å²) >= 11 is 2.94. The minimum absolute atomic E-state index is 0.0833. The Hall–Kier alpha value is -0.490. The molecule has 5 heteroatoms. The first kappa shape index (κ1) is 8.61. The Balaban J connectivity index is 3.14. The van der Waals surface area contributed by atoms with Crippen LogP contribution in [-0.2, 0) is 5.97 Å². The highest BCUT2D eigenvalue weighted by Crippen LogP contribution is 2.21. The third kappa shape index (κ3) is 1.97. The van der Waals surface area contributed by atoms with Crippen molar-refractivity contribution in [1.82, 2.24) is 4.98 Å². The molecule has 0 amide bonds. The molecular formula is C6H6BrNO3. The molecule has 1 rings (SSSR count). The molecule has 0 unspecified atom stereocenters. The van der Waals surface area contributed by atoms with Gasteiger partial charge in [0.15, 0.2) is 0 Å². The fourth-order valence-corrected chi connectivity index (χ4v) is 1.15. The molecule has 0 saturated heterocycles. The van der Waals surface area contributed by atoms with Gasteiger partial charge >= 0.3 is 5.97 Å². The lowest BCUT2D eigenvalue weighted by atomic mass is 10.2. The number of halogens is 1. The van der Waals surface area contributed by atoms with E-state index in [1.165, 1.54) is 18.3 Å². The highest BCUT2D eigenvalue weighted by molar-refractivity contribution is 9.10. The predicted molar refractivity (Wildman–Crippen MR) is 40.3 cm³/mol. The van der Waals surface area contributed by atoms with Crippen molar-refractivity contribution >= 4 is 15.9 Å². The second-order valence-electron chi connectivity index (χ2n) is 1.98. The van der Waals surface area contributed by atoms with E-state index in [1.54, 1.807) is 0 Å². The van der Waals surface area contributed by atoms with Gasteiger partial charge in [-0.3, -0.25) is 0 Å². The summed E-state index contributed by atoms with van der Waals surface area (Å²) in [6, 6.07) is 2.83. The minimum atomic E-state index is -2.83. The van der Waals surface area contributed by atoms with E-state index >= 15 is 0 Å². The van der Waals surface area contributed by atoms with E-state index in [0.717, 1.165) is 0 Å². The van der Waals surface area contributed by atoms with Crippen molar-refractivity contribution in [3.63, 3.8) is 0 Å². The zero-order valence-electron chi connectivity index (χ0n) is 5.40. The van der Waals surface area contributed by atoms with Gasteiger partial charge in [-0.25, -0.2) is 4.98 Å². The predicted octanol–water partition coefficient (Wildman–Crippen LogP) is -0.0687. The van der Waals surface area contributed by atoms with Gasteiger partial charge in [-0.05, 0) is 28.1 Å². The van der Waals surface area contributed by atoms with Gasteiger partial charge in [0.2, 0.25) is 0 Å². The zero-order valence-corrected chi connectivity index (χ0v) is 6.98. The molecule has 11 heavy (non-hydrogen) atoms. The standard InChI is InChI=1S/C6H6BrNO3/c7-5-4(6(9,10)11)2-1-3-8-5/h1-3,9-11H. The number of aromatic nitrogens is 1. The number of aliphatic hydroxyl groups is 3. The van der Waals surface area contributed by atoms with Gasteiger partial charge in [0.05, 0.1) is 5.56 Å². The Morgan fingerprint density at radius 3 is 2.36 bits per heavy atom. The maximum atomic E-state index is 8.71. The second-order valence-corrected chi connectivity index (χ2v) is 2.73. The number of hydrogen-bond acceptors (Lipinski definition) is 4. The van der Waals surface area contributed by atoms with Crippen molar-refractivity contribution in [3.05, 3.63) is 28.5 Å². The fraction of sp³-hybridized carbons (Fsp3) is 0.167. The molecule has 3 N–H and O–H groups in total. The maximum Gasteiger partial charge on any atom is 0.307 e. The fourth-order valence-electron chi connectivity index (χ4n) is 0.636. The van der Waals surface area contributed by atoms with Crippen LogP contribution in [0, 0.1) is 0 Å². The average molecular weight is 220 g/mol. The van der Waals surface area contributed by atoms with Crippen LogP contribution in [0.3, 0.4) is 0 Å². The molecule has 0 spiro atoms. The first-order chi connectivity index (χ1) is 5.02. The molecule has 1 aromatic rings. The Labute approximate surface area is 71.3 Å².